The molecule has 1 heterocycles. The van der Waals surface area contributed by atoms with Crippen molar-refractivity contribution in [2.75, 3.05) is 6.61 Å². The standard InChI is InChI=1S/C16H23N3O/c1-4-20-16-8-6-5-7-14(16)19-11-18-10-15(19)13(17)9-12(2)3/h5-8,10-13H,4,9,17H2,1-3H3. The first-order valence-electron chi connectivity index (χ1n) is 7.13. The Morgan fingerprint density at radius 1 is 1.30 bits per heavy atom. The normalized spacial score (nSPS) is 12.7. The van der Waals surface area contributed by atoms with E-state index in [-0.39, 0.29) is 6.04 Å². The summed E-state index contributed by atoms with van der Waals surface area (Å²) in [4.78, 5) is 4.26. The maximum atomic E-state index is 6.30. The van der Waals surface area contributed by atoms with Crippen LogP contribution in [0.5, 0.6) is 5.75 Å². The SMILES string of the molecule is CCOc1ccccc1-n1cncc1C(N)CC(C)C. The van der Waals surface area contributed by atoms with Gasteiger partial charge in [-0.05, 0) is 31.4 Å². The topological polar surface area (TPSA) is 53.1 Å². The Kier molecular flexibility index (Phi) is 4.79. The summed E-state index contributed by atoms with van der Waals surface area (Å²) in [5.74, 6) is 1.40. The number of ether oxygens (including phenoxy) is 1. The summed E-state index contributed by atoms with van der Waals surface area (Å²) in [5.41, 5.74) is 8.31. The molecular formula is C16H23N3O. The summed E-state index contributed by atoms with van der Waals surface area (Å²) >= 11 is 0. The molecule has 2 N–H and O–H groups in total. The minimum absolute atomic E-state index is 0.0211. The molecule has 4 heteroatoms. The number of hydrogen-bond acceptors (Lipinski definition) is 3. The third-order valence-corrected chi connectivity index (χ3v) is 3.20. The Morgan fingerprint density at radius 3 is 2.75 bits per heavy atom. The monoisotopic (exact) mass is 273 g/mol. The van der Waals surface area contributed by atoms with Gasteiger partial charge >= 0.3 is 0 Å². The van der Waals surface area contributed by atoms with Gasteiger partial charge in [-0.1, -0.05) is 26.0 Å². The largest absolute Gasteiger partial charge is 0.492 e. The maximum Gasteiger partial charge on any atom is 0.143 e. The van der Waals surface area contributed by atoms with Gasteiger partial charge in [0.1, 0.15) is 5.75 Å². The summed E-state index contributed by atoms with van der Waals surface area (Å²) in [6, 6.07) is 7.94. The molecule has 2 aromatic rings. The highest BCUT2D eigenvalue weighted by atomic mass is 16.5. The van der Waals surface area contributed by atoms with Gasteiger partial charge < -0.3 is 10.5 Å². The third kappa shape index (κ3) is 3.20. The Hall–Kier alpha value is -1.81. The molecule has 0 radical (unpaired) electrons. The average Bonchev–Trinajstić information content (AvgIpc) is 2.88. The van der Waals surface area contributed by atoms with E-state index >= 15 is 0 Å². The van der Waals surface area contributed by atoms with Crippen LogP contribution in [0.1, 0.15) is 38.9 Å². The van der Waals surface area contributed by atoms with Gasteiger partial charge in [0.05, 0.1) is 30.5 Å². The van der Waals surface area contributed by atoms with Crippen molar-refractivity contribution >= 4 is 0 Å². The lowest BCUT2D eigenvalue weighted by molar-refractivity contribution is 0.338. The van der Waals surface area contributed by atoms with Crippen LogP contribution in [-0.4, -0.2) is 16.2 Å². The van der Waals surface area contributed by atoms with E-state index in [0.717, 1.165) is 23.6 Å². The molecule has 1 unspecified atom stereocenters. The van der Waals surface area contributed by atoms with E-state index in [9.17, 15) is 0 Å². The molecule has 0 amide bonds. The number of nitrogens with two attached hydrogens (primary N) is 1. The van der Waals surface area contributed by atoms with Gasteiger partial charge in [-0.3, -0.25) is 4.57 Å². The Bertz CT molecular complexity index is 548. The van der Waals surface area contributed by atoms with Crippen molar-refractivity contribution in [2.24, 2.45) is 11.7 Å². The van der Waals surface area contributed by atoms with Crippen LogP contribution >= 0.6 is 0 Å². The molecule has 108 valence electrons. The lowest BCUT2D eigenvalue weighted by Crippen LogP contribution is -2.17. The van der Waals surface area contributed by atoms with Crippen LogP contribution < -0.4 is 10.5 Å². The number of para-hydroxylation sites is 2. The number of aromatic nitrogens is 2. The molecule has 0 fully saturated rings. The molecule has 1 atom stereocenters. The molecule has 0 aliphatic heterocycles. The number of nitrogens with zero attached hydrogens (tertiary/aromatic N) is 2. The van der Waals surface area contributed by atoms with Crippen molar-refractivity contribution < 1.29 is 4.74 Å². The molecule has 4 nitrogen and oxygen atoms in total. The quantitative estimate of drug-likeness (QED) is 0.878. The Balaban J connectivity index is 2.37. The molecule has 20 heavy (non-hydrogen) atoms. The van der Waals surface area contributed by atoms with Gasteiger partial charge in [0.15, 0.2) is 0 Å². The summed E-state index contributed by atoms with van der Waals surface area (Å²) < 4.78 is 7.71. The van der Waals surface area contributed by atoms with E-state index in [0.29, 0.717) is 12.5 Å². The number of hydrogen-bond donors (Lipinski definition) is 1. The second kappa shape index (κ2) is 6.57. The van der Waals surface area contributed by atoms with Gasteiger partial charge in [-0.2, -0.15) is 0 Å². The molecule has 2 rings (SSSR count). The van der Waals surface area contributed by atoms with Gasteiger partial charge in [0.25, 0.3) is 0 Å². The highest BCUT2D eigenvalue weighted by molar-refractivity contribution is 5.47. The van der Waals surface area contributed by atoms with Gasteiger partial charge in [0, 0.05) is 6.04 Å². The van der Waals surface area contributed by atoms with Gasteiger partial charge in [-0.25, -0.2) is 4.98 Å². The maximum absolute atomic E-state index is 6.30. The van der Waals surface area contributed by atoms with E-state index in [1.807, 2.05) is 42.0 Å². The van der Waals surface area contributed by atoms with Crippen molar-refractivity contribution in [2.45, 2.75) is 33.2 Å². The lowest BCUT2D eigenvalue weighted by atomic mass is 10.0. The van der Waals surface area contributed by atoms with Crippen LogP contribution in [0.25, 0.3) is 5.69 Å². The van der Waals surface area contributed by atoms with Crippen LogP contribution in [0.15, 0.2) is 36.8 Å². The van der Waals surface area contributed by atoms with Gasteiger partial charge in [0.2, 0.25) is 0 Å². The molecule has 1 aromatic heterocycles. The zero-order chi connectivity index (χ0) is 14.5. The average molecular weight is 273 g/mol. The summed E-state index contributed by atoms with van der Waals surface area (Å²) in [6.45, 7) is 6.97. The van der Waals surface area contributed by atoms with Crippen LogP contribution in [0, 0.1) is 5.92 Å². The second-order valence-electron chi connectivity index (χ2n) is 5.33. The van der Waals surface area contributed by atoms with Gasteiger partial charge in [-0.15, -0.1) is 0 Å². The van der Waals surface area contributed by atoms with Crippen LogP contribution in [-0.2, 0) is 0 Å². The molecule has 0 saturated heterocycles. The Labute approximate surface area is 120 Å². The van der Waals surface area contributed by atoms with Crippen LogP contribution in [0.3, 0.4) is 0 Å². The van der Waals surface area contributed by atoms with E-state index < -0.39 is 0 Å². The fraction of sp³-hybridized carbons (Fsp3) is 0.438. The van der Waals surface area contributed by atoms with Crippen molar-refractivity contribution in [1.29, 1.82) is 0 Å². The molecule has 0 spiro atoms. The van der Waals surface area contributed by atoms with E-state index in [1.165, 1.54) is 0 Å². The predicted octanol–water partition coefficient (Wildman–Crippen LogP) is 3.32. The summed E-state index contributed by atoms with van der Waals surface area (Å²) in [5, 5.41) is 0. The van der Waals surface area contributed by atoms with Crippen LogP contribution in [0.2, 0.25) is 0 Å². The lowest BCUT2D eigenvalue weighted by Gasteiger charge is -2.18. The molecule has 0 saturated carbocycles. The molecular weight excluding hydrogens is 250 g/mol. The number of imidazole rings is 1. The fourth-order valence-corrected chi connectivity index (χ4v) is 2.34. The fourth-order valence-electron chi connectivity index (χ4n) is 2.34. The van der Waals surface area contributed by atoms with E-state index in [1.54, 1.807) is 6.33 Å². The minimum Gasteiger partial charge on any atom is -0.492 e. The number of rotatable bonds is 6. The highest BCUT2D eigenvalue weighted by Gasteiger charge is 2.16. The highest BCUT2D eigenvalue weighted by Crippen LogP contribution is 2.27. The molecule has 0 bridgehead atoms. The smallest absolute Gasteiger partial charge is 0.143 e. The van der Waals surface area contributed by atoms with Crippen molar-refractivity contribution in [3.05, 3.63) is 42.5 Å². The van der Waals surface area contributed by atoms with Crippen molar-refractivity contribution in [1.82, 2.24) is 9.55 Å². The third-order valence-electron chi connectivity index (χ3n) is 3.20. The zero-order valence-corrected chi connectivity index (χ0v) is 12.4. The van der Waals surface area contributed by atoms with E-state index in [2.05, 4.69) is 18.8 Å². The number of benzene rings is 1. The van der Waals surface area contributed by atoms with E-state index in [4.69, 9.17) is 10.5 Å². The summed E-state index contributed by atoms with van der Waals surface area (Å²) in [7, 11) is 0. The predicted molar refractivity (Wildman–Crippen MR) is 81.1 cm³/mol. The van der Waals surface area contributed by atoms with Crippen LogP contribution in [0.4, 0.5) is 0 Å². The first-order valence-corrected chi connectivity index (χ1v) is 7.13. The van der Waals surface area contributed by atoms with Crippen molar-refractivity contribution in [3.8, 4) is 11.4 Å². The minimum atomic E-state index is -0.0211. The Morgan fingerprint density at radius 2 is 2.05 bits per heavy atom. The zero-order valence-electron chi connectivity index (χ0n) is 12.4. The molecule has 0 aliphatic carbocycles. The molecule has 0 aliphatic rings. The first kappa shape index (κ1) is 14.6. The summed E-state index contributed by atoms with van der Waals surface area (Å²) in [6.07, 6.45) is 4.58. The first-order chi connectivity index (χ1) is 9.63. The van der Waals surface area contributed by atoms with Crippen molar-refractivity contribution in [3.63, 3.8) is 0 Å². The molecule has 1 aromatic carbocycles. The second-order valence-corrected chi connectivity index (χ2v) is 5.33.